The molecule has 148 valence electrons. The van der Waals surface area contributed by atoms with Crippen LogP contribution in [-0.2, 0) is 23.9 Å². The molecule has 0 aromatic rings. The fourth-order valence-electron chi connectivity index (χ4n) is 2.40. The van der Waals surface area contributed by atoms with Crippen molar-refractivity contribution >= 4 is 23.8 Å². The average molecular weight is 373 g/mol. The molecule has 0 spiro atoms. The number of amides is 2. The van der Waals surface area contributed by atoms with Crippen LogP contribution in [-0.4, -0.2) is 64.8 Å². The summed E-state index contributed by atoms with van der Waals surface area (Å²) in [5, 5.41) is 22.7. The summed E-state index contributed by atoms with van der Waals surface area (Å²) in [6.45, 7) is 4.12. The molecule has 1 saturated heterocycles. The molecule has 2 amide bonds. The zero-order valence-corrected chi connectivity index (χ0v) is 14.9. The number of epoxide rings is 1. The van der Waals surface area contributed by atoms with Crippen LogP contribution in [0.25, 0.3) is 0 Å². The first-order valence-corrected chi connectivity index (χ1v) is 8.58. The Hall–Kier alpha value is -2.20. The lowest BCUT2D eigenvalue weighted by Gasteiger charge is -2.20. The molecule has 1 rings (SSSR count). The number of carbonyl (C=O) groups excluding carboxylic acids is 2. The highest BCUT2D eigenvalue weighted by molar-refractivity contribution is 5.95. The van der Waals surface area contributed by atoms with Gasteiger partial charge in [-0.15, -0.1) is 0 Å². The van der Waals surface area contributed by atoms with Gasteiger partial charge in [-0.1, -0.05) is 13.8 Å². The molecule has 1 heterocycles. The Balaban J connectivity index is 2.40. The Bertz CT molecular complexity index is 538. The van der Waals surface area contributed by atoms with Gasteiger partial charge in [0.2, 0.25) is 5.91 Å². The minimum Gasteiger partial charge on any atom is -0.480 e. The van der Waals surface area contributed by atoms with Gasteiger partial charge in [0.05, 0.1) is 0 Å². The summed E-state index contributed by atoms with van der Waals surface area (Å²) in [5.74, 6) is -3.13. The average Bonchev–Trinajstić information content (AvgIpc) is 3.33. The van der Waals surface area contributed by atoms with E-state index in [0.717, 1.165) is 0 Å². The minimum absolute atomic E-state index is 0.134. The molecular weight excluding hydrogens is 346 g/mol. The number of unbranched alkanes of at least 4 members (excludes halogenated alkanes) is 1. The maximum Gasteiger partial charge on any atom is 0.336 e. The Morgan fingerprint density at radius 3 is 2.27 bits per heavy atom. The number of nitrogens with two attached hydrogens (primary N) is 1. The van der Waals surface area contributed by atoms with Gasteiger partial charge in [-0.05, 0) is 31.6 Å². The van der Waals surface area contributed by atoms with E-state index in [4.69, 9.17) is 20.7 Å². The van der Waals surface area contributed by atoms with E-state index >= 15 is 0 Å². The fourth-order valence-corrected chi connectivity index (χ4v) is 2.40. The molecule has 0 saturated carbocycles. The second kappa shape index (κ2) is 10.1. The minimum atomic E-state index is -1.21. The molecule has 0 aliphatic carbocycles. The predicted octanol–water partition coefficient (Wildman–Crippen LogP) is -0.932. The molecule has 26 heavy (non-hydrogen) atoms. The third-order valence-electron chi connectivity index (χ3n) is 3.89. The second-order valence-corrected chi connectivity index (χ2v) is 6.74. The van der Waals surface area contributed by atoms with E-state index in [-0.39, 0.29) is 11.8 Å². The quantitative estimate of drug-likeness (QED) is 0.215. The molecule has 4 atom stereocenters. The van der Waals surface area contributed by atoms with Gasteiger partial charge in [0, 0.05) is 6.54 Å². The van der Waals surface area contributed by atoms with Crippen molar-refractivity contribution < 1.29 is 34.1 Å². The first-order chi connectivity index (χ1) is 12.1. The van der Waals surface area contributed by atoms with Crippen molar-refractivity contribution in [2.75, 3.05) is 6.54 Å². The first-order valence-electron chi connectivity index (χ1n) is 8.58. The van der Waals surface area contributed by atoms with Crippen molar-refractivity contribution in [3.8, 4) is 0 Å². The van der Waals surface area contributed by atoms with E-state index in [9.17, 15) is 19.2 Å². The van der Waals surface area contributed by atoms with E-state index < -0.39 is 42.1 Å². The maximum atomic E-state index is 12.3. The topological polar surface area (TPSA) is 171 Å². The van der Waals surface area contributed by atoms with Gasteiger partial charge < -0.3 is 31.3 Å². The Morgan fingerprint density at radius 2 is 1.77 bits per heavy atom. The van der Waals surface area contributed by atoms with Gasteiger partial charge in [-0.25, -0.2) is 4.79 Å². The largest absolute Gasteiger partial charge is 0.480 e. The van der Waals surface area contributed by atoms with Crippen molar-refractivity contribution in [3.05, 3.63) is 0 Å². The molecule has 1 aliphatic heterocycles. The highest BCUT2D eigenvalue weighted by atomic mass is 16.6. The van der Waals surface area contributed by atoms with E-state index in [1.807, 2.05) is 13.8 Å². The monoisotopic (exact) mass is 373 g/mol. The zero-order chi connectivity index (χ0) is 19.9. The maximum absolute atomic E-state index is 12.3. The third kappa shape index (κ3) is 7.36. The van der Waals surface area contributed by atoms with Crippen molar-refractivity contribution in [1.82, 2.24) is 10.6 Å². The number of ether oxygens (including phenoxy) is 1. The zero-order valence-electron chi connectivity index (χ0n) is 14.9. The Morgan fingerprint density at radius 1 is 1.12 bits per heavy atom. The number of nitrogens with one attached hydrogen (secondary N) is 2. The van der Waals surface area contributed by atoms with Crippen LogP contribution < -0.4 is 16.4 Å². The van der Waals surface area contributed by atoms with Gasteiger partial charge in [0.25, 0.3) is 5.91 Å². The van der Waals surface area contributed by atoms with Crippen LogP contribution in [0.4, 0.5) is 0 Å². The van der Waals surface area contributed by atoms with Gasteiger partial charge in [0.15, 0.2) is 12.2 Å². The molecule has 4 unspecified atom stereocenters. The molecule has 0 radical (unpaired) electrons. The van der Waals surface area contributed by atoms with Crippen LogP contribution in [0, 0.1) is 5.92 Å². The lowest BCUT2D eigenvalue weighted by Crippen LogP contribution is -2.49. The molecule has 0 aromatic carbocycles. The summed E-state index contributed by atoms with van der Waals surface area (Å²) in [7, 11) is 0. The van der Waals surface area contributed by atoms with Crippen LogP contribution in [0.1, 0.15) is 39.5 Å². The fraction of sp³-hybridized carbons (Fsp3) is 0.750. The van der Waals surface area contributed by atoms with Gasteiger partial charge in [-0.2, -0.15) is 0 Å². The van der Waals surface area contributed by atoms with Crippen molar-refractivity contribution in [1.29, 1.82) is 0 Å². The molecule has 1 aliphatic rings. The summed E-state index contributed by atoms with van der Waals surface area (Å²) < 4.78 is 4.78. The number of carbonyl (C=O) groups is 4. The molecule has 10 nitrogen and oxygen atoms in total. The van der Waals surface area contributed by atoms with Crippen molar-refractivity contribution in [3.63, 3.8) is 0 Å². The Kier molecular flexibility index (Phi) is 8.46. The number of rotatable bonds is 12. The number of hydrogen-bond donors (Lipinski definition) is 5. The van der Waals surface area contributed by atoms with E-state index in [1.54, 1.807) is 0 Å². The van der Waals surface area contributed by atoms with Crippen LogP contribution in [0.5, 0.6) is 0 Å². The smallest absolute Gasteiger partial charge is 0.336 e. The second-order valence-electron chi connectivity index (χ2n) is 6.74. The van der Waals surface area contributed by atoms with Gasteiger partial charge >= 0.3 is 11.9 Å². The third-order valence-corrected chi connectivity index (χ3v) is 3.89. The van der Waals surface area contributed by atoms with E-state index in [0.29, 0.717) is 32.2 Å². The summed E-state index contributed by atoms with van der Waals surface area (Å²) in [5.41, 5.74) is 5.40. The molecule has 1 fully saturated rings. The summed E-state index contributed by atoms with van der Waals surface area (Å²) in [6.07, 6.45) is -0.407. The summed E-state index contributed by atoms with van der Waals surface area (Å²) in [6, 6.07) is -1.71. The highest BCUT2D eigenvalue weighted by Crippen LogP contribution is 2.22. The summed E-state index contributed by atoms with van der Waals surface area (Å²) in [4.78, 5) is 45.6. The highest BCUT2D eigenvalue weighted by Gasteiger charge is 2.51. The normalized spacial score (nSPS) is 20.9. The lowest BCUT2D eigenvalue weighted by atomic mass is 10.0. The molecule has 0 aromatic heterocycles. The molecule has 10 heteroatoms. The van der Waals surface area contributed by atoms with Gasteiger partial charge in [0.1, 0.15) is 12.1 Å². The number of carboxylic acids is 2. The van der Waals surface area contributed by atoms with Crippen LogP contribution in [0.3, 0.4) is 0 Å². The number of aliphatic carboxylic acids is 2. The van der Waals surface area contributed by atoms with E-state index in [1.165, 1.54) is 0 Å². The van der Waals surface area contributed by atoms with E-state index in [2.05, 4.69) is 10.6 Å². The van der Waals surface area contributed by atoms with Gasteiger partial charge in [-0.3, -0.25) is 14.4 Å². The van der Waals surface area contributed by atoms with Crippen LogP contribution in [0.2, 0.25) is 0 Å². The SMILES string of the molecule is CC(C)CC(NC(=O)C1OC1C(=O)O)C(=O)NCCCCC(N)C(=O)O. The number of hydrogen-bond acceptors (Lipinski definition) is 6. The standard InChI is InChI=1S/C16H27N3O7/c1-8(2)7-10(19-14(21)11-12(26-11)16(24)25)13(20)18-6-4-3-5-9(17)15(22)23/h8-12H,3-7,17H2,1-2H3,(H,18,20)(H,19,21)(H,22,23)(H,24,25). The number of carboxylic acid groups (broad SMARTS) is 2. The lowest BCUT2D eigenvalue weighted by molar-refractivity contribution is -0.139. The van der Waals surface area contributed by atoms with Crippen LogP contribution in [0.15, 0.2) is 0 Å². The molecular formula is C16H27N3O7. The first kappa shape index (κ1) is 21.8. The molecule has 6 N–H and O–H groups in total. The summed E-state index contributed by atoms with van der Waals surface area (Å²) >= 11 is 0. The van der Waals surface area contributed by atoms with Crippen molar-refractivity contribution in [2.24, 2.45) is 11.7 Å². The van der Waals surface area contributed by atoms with Crippen molar-refractivity contribution in [2.45, 2.75) is 63.8 Å². The molecule has 0 bridgehead atoms. The Labute approximate surface area is 151 Å². The predicted molar refractivity (Wildman–Crippen MR) is 90.2 cm³/mol. The van der Waals surface area contributed by atoms with Crippen LogP contribution >= 0.6 is 0 Å².